The largest absolute Gasteiger partial charge is 0.497 e. The second-order valence-electron chi connectivity index (χ2n) is 7.60. The lowest BCUT2D eigenvalue weighted by molar-refractivity contribution is -0.120. The Morgan fingerprint density at radius 1 is 1.10 bits per heavy atom. The zero-order valence-electron chi connectivity index (χ0n) is 18.3. The molecule has 0 aliphatic heterocycles. The SMILES string of the molecule is COc1cccc(OCC(=O)N(CCCN(C)C)c2nc3cc(C)cc(C)c3s2)c1. The molecule has 1 aromatic heterocycles. The van der Waals surface area contributed by atoms with Gasteiger partial charge in [-0.15, -0.1) is 0 Å². The van der Waals surface area contributed by atoms with Gasteiger partial charge in [0.25, 0.3) is 5.91 Å². The van der Waals surface area contributed by atoms with Gasteiger partial charge >= 0.3 is 0 Å². The van der Waals surface area contributed by atoms with Gasteiger partial charge in [0.15, 0.2) is 11.7 Å². The van der Waals surface area contributed by atoms with Crippen LogP contribution >= 0.6 is 11.3 Å². The first kappa shape index (κ1) is 22.1. The number of amides is 1. The van der Waals surface area contributed by atoms with E-state index in [0.29, 0.717) is 18.0 Å². The normalized spacial score (nSPS) is 11.1. The molecule has 0 atom stereocenters. The van der Waals surface area contributed by atoms with Crippen LogP contribution in [0.25, 0.3) is 10.2 Å². The number of methoxy groups -OCH3 is 1. The minimum atomic E-state index is -0.106. The number of hydrogen-bond donors (Lipinski definition) is 0. The Balaban J connectivity index is 1.80. The molecular formula is C23H29N3O3S. The van der Waals surface area contributed by atoms with Crippen LogP contribution in [-0.2, 0) is 4.79 Å². The van der Waals surface area contributed by atoms with Gasteiger partial charge in [-0.1, -0.05) is 23.5 Å². The molecule has 0 aliphatic rings. The molecule has 1 amide bonds. The Morgan fingerprint density at radius 3 is 2.60 bits per heavy atom. The molecule has 3 rings (SSSR count). The van der Waals surface area contributed by atoms with E-state index in [1.165, 1.54) is 11.1 Å². The maximum absolute atomic E-state index is 13.1. The van der Waals surface area contributed by atoms with Crippen LogP contribution in [0, 0.1) is 13.8 Å². The summed E-state index contributed by atoms with van der Waals surface area (Å²) >= 11 is 1.56. The number of aryl methyl sites for hydroxylation is 2. The van der Waals surface area contributed by atoms with Crippen LogP contribution in [0.3, 0.4) is 0 Å². The third-order valence-electron chi connectivity index (χ3n) is 4.73. The van der Waals surface area contributed by atoms with Crippen molar-refractivity contribution in [1.29, 1.82) is 0 Å². The fraction of sp³-hybridized carbons (Fsp3) is 0.391. The van der Waals surface area contributed by atoms with Crippen molar-refractivity contribution in [3.63, 3.8) is 0 Å². The number of fused-ring (bicyclic) bond motifs is 1. The number of carbonyl (C=O) groups excluding carboxylic acids is 1. The molecule has 0 saturated heterocycles. The van der Waals surface area contributed by atoms with Gasteiger partial charge in [-0.05, 0) is 70.2 Å². The van der Waals surface area contributed by atoms with Crippen molar-refractivity contribution < 1.29 is 14.3 Å². The molecule has 0 unspecified atom stereocenters. The minimum Gasteiger partial charge on any atom is -0.497 e. The summed E-state index contributed by atoms with van der Waals surface area (Å²) in [6.07, 6.45) is 0.853. The number of hydrogen-bond acceptors (Lipinski definition) is 6. The smallest absolute Gasteiger partial charge is 0.266 e. The maximum atomic E-state index is 13.1. The van der Waals surface area contributed by atoms with E-state index < -0.39 is 0 Å². The first-order valence-electron chi connectivity index (χ1n) is 9.97. The van der Waals surface area contributed by atoms with Crippen LogP contribution in [0.5, 0.6) is 11.5 Å². The zero-order chi connectivity index (χ0) is 21.7. The number of rotatable bonds is 9. The van der Waals surface area contributed by atoms with E-state index in [9.17, 15) is 4.79 Å². The highest BCUT2D eigenvalue weighted by atomic mass is 32.1. The third kappa shape index (κ3) is 5.49. The number of benzene rings is 2. The average Bonchev–Trinajstić information content (AvgIpc) is 3.13. The molecule has 0 radical (unpaired) electrons. The van der Waals surface area contributed by atoms with Gasteiger partial charge in [-0.3, -0.25) is 9.69 Å². The fourth-order valence-corrected chi connectivity index (χ4v) is 4.33. The molecular weight excluding hydrogens is 398 g/mol. The van der Waals surface area contributed by atoms with Gasteiger partial charge in [-0.2, -0.15) is 0 Å². The molecule has 3 aromatic rings. The summed E-state index contributed by atoms with van der Waals surface area (Å²) in [4.78, 5) is 21.7. The number of anilines is 1. The molecule has 30 heavy (non-hydrogen) atoms. The van der Waals surface area contributed by atoms with E-state index in [1.54, 1.807) is 29.4 Å². The van der Waals surface area contributed by atoms with Crippen LogP contribution < -0.4 is 14.4 Å². The standard InChI is InChI=1S/C23H29N3O3S/c1-16-12-17(2)22-20(13-16)24-23(30-22)26(11-7-10-25(3)4)21(27)15-29-19-9-6-8-18(14-19)28-5/h6,8-9,12-14H,7,10-11,15H2,1-5H3. The van der Waals surface area contributed by atoms with Gasteiger partial charge in [0, 0.05) is 12.6 Å². The van der Waals surface area contributed by atoms with Crippen molar-refractivity contribution >= 4 is 32.6 Å². The highest BCUT2D eigenvalue weighted by molar-refractivity contribution is 7.22. The molecule has 2 aromatic carbocycles. The molecule has 0 saturated carbocycles. The van der Waals surface area contributed by atoms with Gasteiger partial charge in [0.2, 0.25) is 0 Å². The summed E-state index contributed by atoms with van der Waals surface area (Å²) in [6, 6.07) is 11.5. The second-order valence-corrected chi connectivity index (χ2v) is 8.57. The maximum Gasteiger partial charge on any atom is 0.266 e. The van der Waals surface area contributed by atoms with Crippen LogP contribution in [0.4, 0.5) is 5.13 Å². The summed E-state index contributed by atoms with van der Waals surface area (Å²) in [6.45, 7) is 5.58. The highest BCUT2D eigenvalue weighted by Gasteiger charge is 2.21. The van der Waals surface area contributed by atoms with Gasteiger partial charge in [-0.25, -0.2) is 4.98 Å². The first-order valence-corrected chi connectivity index (χ1v) is 10.8. The van der Waals surface area contributed by atoms with Crippen molar-refractivity contribution in [3.8, 4) is 11.5 Å². The zero-order valence-corrected chi connectivity index (χ0v) is 19.1. The number of thiazole rings is 1. The number of carbonyl (C=O) groups is 1. The summed E-state index contributed by atoms with van der Waals surface area (Å²) in [5.74, 6) is 1.19. The Kier molecular flexibility index (Phi) is 7.29. The first-order chi connectivity index (χ1) is 14.4. The van der Waals surface area contributed by atoms with Crippen LogP contribution in [0.15, 0.2) is 36.4 Å². The summed E-state index contributed by atoms with van der Waals surface area (Å²) in [5.41, 5.74) is 3.29. The Labute approximate surface area is 182 Å². The predicted molar refractivity (Wildman–Crippen MR) is 123 cm³/mol. The second kappa shape index (κ2) is 9.91. The molecule has 6 nitrogen and oxygen atoms in total. The van der Waals surface area contributed by atoms with Crippen molar-refractivity contribution in [2.24, 2.45) is 0 Å². The van der Waals surface area contributed by atoms with E-state index in [-0.39, 0.29) is 12.5 Å². The number of ether oxygens (including phenoxy) is 2. The lowest BCUT2D eigenvalue weighted by atomic mass is 10.1. The van der Waals surface area contributed by atoms with Crippen LogP contribution in [0.1, 0.15) is 17.5 Å². The van der Waals surface area contributed by atoms with Gasteiger partial charge in [0.05, 0.1) is 17.3 Å². The molecule has 0 bridgehead atoms. The van der Waals surface area contributed by atoms with Crippen molar-refractivity contribution in [1.82, 2.24) is 9.88 Å². The van der Waals surface area contributed by atoms with Crippen LogP contribution in [0.2, 0.25) is 0 Å². The highest BCUT2D eigenvalue weighted by Crippen LogP contribution is 2.32. The molecule has 0 spiro atoms. The monoisotopic (exact) mass is 427 g/mol. The van der Waals surface area contributed by atoms with E-state index in [0.717, 1.165) is 28.3 Å². The quantitative estimate of drug-likeness (QED) is 0.510. The third-order valence-corrected chi connectivity index (χ3v) is 5.96. The Hall–Kier alpha value is -2.64. The molecule has 0 aliphatic carbocycles. The van der Waals surface area contributed by atoms with Crippen molar-refractivity contribution in [2.45, 2.75) is 20.3 Å². The summed E-state index contributed by atoms with van der Waals surface area (Å²) < 4.78 is 12.1. The lowest BCUT2D eigenvalue weighted by Gasteiger charge is -2.21. The molecule has 0 N–H and O–H groups in total. The van der Waals surface area contributed by atoms with E-state index in [4.69, 9.17) is 14.5 Å². The molecule has 7 heteroatoms. The molecule has 1 heterocycles. The van der Waals surface area contributed by atoms with E-state index >= 15 is 0 Å². The Morgan fingerprint density at radius 2 is 1.87 bits per heavy atom. The van der Waals surface area contributed by atoms with Gasteiger partial charge in [0.1, 0.15) is 11.5 Å². The molecule has 160 valence electrons. The van der Waals surface area contributed by atoms with E-state index in [2.05, 4.69) is 30.9 Å². The van der Waals surface area contributed by atoms with Crippen LogP contribution in [-0.4, -0.2) is 56.7 Å². The molecule has 0 fully saturated rings. The number of nitrogens with zero attached hydrogens (tertiary/aromatic N) is 3. The lowest BCUT2D eigenvalue weighted by Crippen LogP contribution is -2.36. The summed E-state index contributed by atoms with van der Waals surface area (Å²) in [7, 11) is 5.66. The summed E-state index contributed by atoms with van der Waals surface area (Å²) in [5, 5.41) is 0.719. The van der Waals surface area contributed by atoms with E-state index in [1.807, 2.05) is 32.3 Å². The number of aromatic nitrogens is 1. The Bertz CT molecular complexity index is 1020. The average molecular weight is 428 g/mol. The van der Waals surface area contributed by atoms with Crippen molar-refractivity contribution in [2.75, 3.05) is 45.8 Å². The van der Waals surface area contributed by atoms with Crippen molar-refractivity contribution in [3.05, 3.63) is 47.5 Å². The predicted octanol–water partition coefficient (Wildman–Crippen LogP) is 4.29. The minimum absolute atomic E-state index is 0.0525. The fourth-order valence-electron chi connectivity index (χ4n) is 3.27. The van der Waals surface area contributed by atoms with Gasteiger partial charge < -0.3 is 14.4 Å². The topological polar surface area (TPSA) is 54.9 Å².